The van der Waals surface area contributed by atoms with Crippen LogP contribution in [0.25, 0.3) is 15.7 Å². The van der Waals surface area contributed by atoms with Gasteiger partial charge in [0.25, 0.3) is 0 Å². The minimum atomic E-state index is -1.36. The van der Waals surface area contributed by atoms with Crippen LogP contribution >= 0.6 is 22.9 Å². The van der Waals surface area contributed by atoms with Crippen molar-refractivity contribution < 1.29 is 19.0 Å². The fourth-order valence-electron chi connectivity index (χ4n) is 2.36. The molecule has 1 N–H and O–H groups in total. The highest BCUT2D eigenvalue weighted by Gasteiger charge is 2.22. The Morgan fingerprint density at radius 2 is 2.23 bits per heavy atom. The number of halogens is 2. The van der Waals surface area contributed by atoms with Gasteiger partial charge in [-0.15, -0.1) is 11.3 Å². The van der Waals surface area contributed by atoms with E-state index in [2.05, 4.69) is 0 Å². The summed E-state index contributed by atoms with van der Waals surface area (Å²) < 4.78 is 20.3. The first-order chi connectivity index (χ1) is 10.5. The fourth-order valence-corrected chi connectivity index (χ4v) is 3.56. The smallest absolute Gasteiger partial charge is 0.342 e. The van der Waals surface area contributed by atoms with Crippen LogP contribution in [0.15, 0.2) is 22.3 Å². The minimum Gasteiger partial charge on any atom is -0.477 e. The SMILES string of the molecule is COCc1csc2c(C(=O)O)c(=O)c3cc(F)c(Cl)cc3n12. The molecule has 0 saturated carbocycles. The standard InChI is InChI=1S/C14H9ClFNO4S/c1-21-4-6-5-22-13-11(14(19)20)12(18)7-2-9(16)8(15)3-10(7)17(6)13/h2-3,5H,4H2,1H3,(H,19,20). The molecule has 0 radical (unpaired) electrons. The Morgan fingerprint density at radius 1 is 1.50 bits per heavy atom. The molecule has 22 heavy (non-hydrogen) atoms. The largest absolute Gasteiger partial charge is 0.477 e. The molecule has 0 aliphatic carbocycles. The number of ether oxygens (including phenoxy) is 1. The number of aromatic nitrogens is 1. The van der Waals surface area contributed by atoms with Gasteiger partial charge >= 0.3 is 5.97 Å². The molecule has 0 saturated heterocycles. The van der Waals surface area contributed by atoms with Crippen molar-refractivity contribution >= 4 is 44.6 Å². The molecular formula is C14H9ClFNO4S. The lowest BCUT2D eigenvalue weighted by molar-refractivity contribution is 0.0697. The number of methoxy groups -OCH3 is 1. The number of fused-ring (bicyclic) bond motifs is 3. The van der Waals surface area contributed by atoms with Gasteiger partial charge in [-0.05, 0) is 12.1 Å². The third-order valence-corrected chi connectivity index (χ3v) is 4.56. The molecule has 2 aromatic heterocycles. The third kappa shape index (κ3) is 2.09. The van der Waals surface area contributed by atoms with E-state index in [0.29, 0.717) is 11.2 Å². The average molecular weight is 342 g/mol. The van der Waals surface area contributed by atoms with Crippen LogP contribution in [0.5, 0.6) is 0 Å². The summed E-state index contributed by atoms with van der Waals surface area (Å²) in [5.74, 6) is -2.13. The van der Waals surface area contributed by atoms with Crippen molar-refractivity contribution in [3.8, 4) is 0 Å². The number of carboxylic acid groups (broad SMARTS) is 1. The van der Waals surface area contributed by atoms with Crippen LogP contribution in [0.4, 0.5) is 4.39 Å². The van der Waals surface area contributed by atoms with Crippen molar-refractivity contribution in [2.75, 3.05) is 7.11 Å². The number of rotatable bonds is 3. The number of benzene rings is 1. The first-order valence-electron chi connectivity index (χ1n) is 6.11. The molecule has 0 atom stereocenters. The Labute approximate surface area is 132 Å². The van der Waals surface area contributed by atoms with Crippen molar-refractivity contribution in [3.05, 3.63) is 49.8 Å². The van der Waals surface area contributed by atoms with E-state index in [-0.39, 0.29) is 27.4 Å². The second-order valence-electron chi connectivity index (χ2n) is 4.59. The summed E-state index contributed by atoms with van der Waals surface area (Å²) in [6, 6.07) is 2.28. The lowest BCUT2D eigenvalue weighted by Gasteiger charge is -2.09. The van der Waals surface area contributed by atoms with Gasteiger partial charge in [0.05, 0.1) is 28.2 Å². The van der Waals surface area contributed by atoms with Crippen LogP contribution in [-0.2, 0) is 11.3 Å². The predicted octanol–water partition coefficient (Wildman–Crippen LogP) is 3.15. The van der Waals surface area contributed by atoms with Crippen molar-refractivity contribution in [2.45, 2.75) is 6.61 Å². The van der Waals surface area contributed by atoms with Crippen LogP contribution < -0.4 is 5.43 Å². The summed E-state index contributed by atoms with van der Waals surface area (Å²) in [5, 5.41) is 10.8. The molecule has 3 rings (SSSR count). The molecule has 0 spiro atoms. The van der Waals surface area contributed by atoms with E-state index < -0.39 is 17.2 Å². The highest BCUT2D eigenvalue weighted by molar-refractivity contribution is 7.16. The van der Waals surface area contributed by atoms with Gasteiger partial charge in [-0.1, -0.05) is 11.6 Å². The number of aromatic carboxylic acids is 1. The Kier molecular flexibility index (Phi) is 3.64. The maximum absolute atomic E-state index is 13.7. The number of carbonyl (C=O) groups is 1. The summed E-state index contributed by atoms with van der Waals surface area (Å²) in [6.45, 7) is 0.214. The number of thiazole rings is 1. The maximum atomic E-state index is 13.7. The monoisotopic (exact) mass is 341 g/mol. The molecule has 0 unspecified atom stereocenters. The molecule has 3 aromatic rings. The molecule has 2 heterocycles. The second kappa shape index (κ2) is 5.35. The average Bonchev–Trinajstić information content (AvgIpc) is 2.85. The molecule has 1 aromatic carbocycles. The number of hydrogen-bond donors (Lipinski definition) is 1. The fraction of sp³-hybridized carbons (Fsp3) is 0.143. The Hall–Kier alpha value is -1.96. The van der Waals surface area contributed by atoms with Crippen LogP contribution in [0.3, 0.4) is 0 Å². The zero-order valence-electron chi connectivity index (χ0n) is 11.2. The second-order valence-corrected chi connectivity index (χ2v) is 5.86. The predicted molar refractivity (Wildman–Crippen MR) is 81.7 cm³/mol. The van der Waals surface area contributed by atoms with Crippen LogP contribution in [0, 0.1) is 5.82 Å². The van der Waals surface area contributed by atoms with Gasteiger partial charge < -0.3 is 14.2 Å². The normalized spacial score (nSPS) is 11.4. The van der Waals surface area contributed by atoms with E-state index >= 15 is 0 Å². The molecule has 114 valence electrons. The van der Waals surface area contributed by atoms with Gasteiger partial charge in [-0.25, -0.2) is 9.18 Å². The minimum absolute atomic E-state index is 0.0347. The van der Waals surface area contributed by atoms with Crippen LogP contribution in [0.2, 0.25) is 5.02 Å². The summed E-state index contributed by atoms with van der Waals surface area (Å²) in [6.07, 6.45) is 0. The summed E-state index contributed by atoms with van der Waals surface area (Å²) in [4.78, 5) is 24.1. The third-order valence-electron chi connectivity index (χ3n) is 3.27. The lowest BCUT2D eigenvalue weighted by atomic mass is 10.1. The molecule has 0 aliphatic rings. The van der Waals surface area contributed by atoms with Crippen molar-refractivity contribution in [1.29, 1.82) is 0 Å². The quantitative estimate of drug-likeness (QED) is 0.794. The maximum Gasteiger partial charge on any atom is 0.342 e. The van der Waals surface area contributed by atoms with Gasteiger partial charge in [0.1, 0.15) is 16.2 Å². The topological polar surface area (TPSA) is 68.0 Å². The zero-order chi connectivity index (χ0) is 16.0. The highest BCUT2D eigenvalue weighted by atomic mass is 35.5. The van der Waals surface area contributed by atoms with E-state index in [1.165, 1.54) is 13.2 Å². The number of nitrogens with zero attached hydrogens (tertiary/aromatic N) is 1. The van der Waals surface area contributed by atoms with Gasteiger partial charge in [0, 0.05) is 12.5 Å². The van der Waals surface area contributed by atoms with Gasteiger partial charge in [0.2, 0.25) is 5.43 Å². The highest BCUT2D eigenvalue weighted by Crippen LogP contribution is 2.28. The first kappa shape index (κ1) is 15.0. The Morgan fingerprint density at radius 3 is 2.86 bits per heavy atom. The molecule has 8 heteroatoms. The van der Waals surface area contributed by atoms with Crippen molar-refractivity contribution in [2.24, 2.45) is 0 Å². The molecule has 0 bridgehead atoms. The number of hydrogen-bond acceptors (Lipinski definition) is 4. The summed E-state index contributed by atoms with van der Waals surface area (Å²) >= 11 is 6.92. The molecular weight excluding hydrogens is 333 g/mol. The van der Waals surface area contributed by atoms with Crippen molar-refractivity contribution in [1.82, 2.24) is 4.40 Å². The first-order valence-corrected chi connectivity index (χ1v) is 7.37. The van der Waals surface area contributed by atoms with Gasteiger partial charge in [0.15, 0.2) is 0 Å². The molecule has 0 amide bonds. The van der Waals surface area contributed by atoms with Gasteiger partial charge in [-0.2, -0.15) is 0 Å². The molecule has 5 nitrogen and oxygen atoms in total. The lowest BCUT2D eigenvalue weighted by Crippen LogP contribution is -2.18. The number of carboxylic acids is 1. The summed E-state index contributed by atoms with van der Waals surface area (Å²) in [7, 11) is 1.50. The number of pyridine rings is 1. The summed E-state index contributed by atoms with van der Waals surface area (Å²) in [5.41, 5.74) is -0.118. The van der Waals surface area contributed by atoms with Crippen molar-refractivity contribution in [3.63, 3.8) is 0 Å². The van der Waals surface area contributed by atoms with E-state index in [0.717, 1.165) is 17.4 Å². The van der Waals surface area contributed by atoms with E-state index in [4.69, 9.17) is 16.3 Å². The van der Waals surface area contributed by atoms with E-state index in [9.17, 15) is 19.1 Å². The van der Waals surface area contributed by atoms with E-state index in [1.807, 2.05) is 0 Å². The van der Waals surface area contributed by atoms with Crippen LogP contribution in [-0.4, -0.2) is 22.6 Å². The van der Waals surface area contributed by atoms with Crippen LogP contribution in [0.1, 0.15) is 16.1 Å². The zero-order valence-corrected chi connectivity index (χ0v) is 12.8. The van der Waals surface area contributed by atoms with Gasteiger partial charge in [-0.3, -0.25) is 4.79 Å². The Balaban J connectivity index is 2.61. The molecule has 0 fully saturated rings. The Bertz CT molecular complexity index is 979. The molecule has 0 aliphatic heterocycles. The van der Waals surface area contributed by atoms with E-state index in [1.54, 1.807) is 9.78 Å².